The van der Waals surface area contributed by atoms with E-state index in [0.717, 1.165) is 5.56 Å². The molecule has 0 unspecified atom stereocenters. The maximum Gasteiger partial charge on any atom is 0.333 e. The molecule has 1 fully saturated rings. The average Bonchev–Trinajstić information content (AvgIpc) is 3.40. The lowest BCUT2D eigenvalue weighted by Crippen LogP contribution is -2.24. The summed E-state index contributed by atoms with van der Waals surface area (Å²) >= 11 is 0. The Morgan fingerprint density at radius 2 is 2.14 bits per heavy atom. The number of aliphatic hydroxyl groups is 1. The summed E-state index contributed by atoms with van der Waals surface area (Å²) in [7, 11) is -4.11. The van der Waals surface area contributed by atoms with Gasteiger partial charge in [0.25, 0.3) is 0 Å². The van der Waals surface area contributed by atoms with Crippen LogP contribution in [0.25, 0.3) is 0 Å². The van der Waals surface area contributed by atoms with Gasteiger partial charge in [0.1, 0.15) is 23.7 Å². The lowest BCUT2D eigenvalue weighted by Gasteiger charge is -2.15. The number of halogens is 1. The van der Waals surface area contributed by atoms with Gasteiger partial charge < -0.3 is 10.4 Å². The van der Waals surface area contributed by atoms with Crippen molar-refractivity contribution >= 4 is 21.9 Å². The van der Waals surface area contributed by atoms with Gasteiger partial charge >= 0.3 is 10.3 Å². The molecule has 0 radical (unpaired) electrons. The molecule has 1 aliphatic carbocycles. The quantitative estimate of drug-likeness (QED) is 0.363. The monoisotopic (exact) mass is 504 g/mol. The van der Waals surface area contributed by atoms with E-state index in [4.69, 9.17) is 5.14 Å². The Morgan fingerprint density at radius 1 is 1.34 bits per heavy atom. The predicted molar refractivity (Wildman–Crippen MR) is 123 cm³/mol. The number of carbonyl (C=O) groups excluding carboxylic acids is 1. The fraction of sp³-hybridized carbons (Fsp3) is 0.364. The molecule has 0 amide bonds. The topological polar surface area (TPSA) is 162 Å². The average molecular weight is 505 g/mol. The Balaban J connectivity index is 1.46. The van der Waals surface area contributed by atoms with Gasteiger partial charge in [-0.05, 0) is 31.9 Å². The molecule has 35 heavy (non-hydrogen) atoms. The molecule has 4 N–H and O–H groups in total. The summed E-state index contributed by atoms with van der Waals surface area (Å²) in [5, 5.41) is 22.5. The van der Waals surface area contributed by atoms with E-state index in [1.165, 1.54) is 29.3 Å². The van der Waals surface area contributed by atoms with Crippen molar-refractivity contribution in [3.63, 3.8) is 0 Å². The summed E-state index contributed by atoms with van der Waals surface area (Å²) < 4.78 is 42.3. The van der Waals surface area contributed by atoms with Crippen molar-refractivity contribution in [2.45, 2.75) is 38.5 Å². The molecule has 3 atom stereocenters. The van der Waals surface area contributed by atoms with E-state index < -0.39 is 28.1 Å². The number of hydrogen-bond donors (Lipinski definition) is 3. The number of carbonyl (C=O) groups is 1. The number of aliphatic hydroxyl groups excluding tert-OH is 1. The van der Waals surface area contributed by atoms with Crippen LogP contribution in [-0.4, -0.2) is 57.8 Å². The van der Waals surface area contributed by atoms with Crippen LogP contribution >= 0.6 is 0 Å². The van der Waals surface area contributed by atoms with Gasteiger partial charge in [0.2, 0.25) is 5.78 Å². The predicted octanol–water partition coefficient (Wildman–Crippen LogP) is 1.17. The Bertz CT molecular complexity index is 1330. The van der Waals surface area contributed by atoms with E-state index in [1.54, 1.807) is 18.3 Å². The second kappa shape index (κ2) is 10.2. The molecule has 1 aromatic carbocycles. The molecule has 4 rings (SSSR count). The zero-order valence-corrected chi connectivity index (χ0v) is 19.7. The van der Waals surface area contributed by atoms with Crippen LogP contribution in [0.4, 0.5) is 10.2 Å². The molecule has 0 saturated heterocycles. The van der Waals surface area contributed by atoms with Crippen LogP contribution in [0, 0.1) is 18.7 Å². The molecule has 1 saturated carbocycles. The first kappa shape index (κ1) is 24.9. The lowest BCUT2D eigenvalue weighted by molar-refractivity contribution is 0.101. The first-order valence-corrected chi connectivity index (χ1v) is 12.3. The van der Waals surface area contributed by atoms with Crippen molar-refractivity contribution in [3.8, 4) is 0 Å². The molecule has 0 spiro atoms. The van der Waals surface area contributed by atoms with Crippen LogP contribution in [0.1, 0.15) is 40.0 Å². The highest BCUT2D eigenvalue weighted by Gasteiger charge is 2.34. The van der Waals surface area contributed by atoms with E-state index in [0.29, 0.717) is 18.4 Å². The van der Waals surface area contributed by atoms with Crippen LogP contribution in [-0.2, 0) is 21.0 Å². The van der Waals surface area contributed by atoms with E-state index in [1.807, 2.05) is 6.92 Å². The molecule has 3 aromatic rings. The first-order chi connectivity index (χ1) is 16.6. The summed E-state index contributed by atoms with van der Waals surface area (Å²) in [6.07, 6.45) is 4.11. The Hall–Kier alpha value is -3.26. The van der Waals surface area contributed by atoms with Crippen LogP contribution in [0.15, 0.2) is 43.0 Å². The molecule has 1 aliphatic rings. The Kier molecular flexibility index (Phi) is 7.21. The summed E-state index contributed by atoms with van der Waals surface area (Å²) in [5.41, 5.74) is 1.69. The van der Waals surface area contributed by atoms with E-state index in [2.05, 4.69) is 24.6 Å². The third kappa shape index (κ3) is 6.25. The first-order valence-electron chi connectivity index (χ1n) is 10.8. The number of anilines is 1. The van der Waals surface area contributed by atoms with Crippen molar-refractivity contribution in [1.29, 1.82) is 0 Å². The van der Waals surface area contributed by atoms with Crippen molar-refractivity contribution < 1.29 is 26.9 Å². The molecule has 0 aliphatic heterocycles. The number of hydrogen-bond acceptors (Lipinski definition) is 9. The maximum atomic E-state index is 14.1. The number of nitrogens with one attached hydrogen (secondary N) is 1. The summed E-state index contributed by atoms with van der Waals surface area (Å²) in [6.45, 7) is 1.79. The Labute approximate surface area is 201 Å². The van der Waals surface area contributed by atoms with Gasteiger partial charge in [0.05, 0.1) is 24.8 Å². The molecular weight excluding hydrogens is 479 g/mol. The standard InChI is InChI=1S/C22H25FN6O5S/c1-13-2-3-18(23)14(6-13)10-29-5-4-19(28-29)21(31)17-9-25-12-26-22(17)27-16-7-15(20(30)8-16)11-34-35(24,32)33/h2-6,9,12,15-16,20,30H,7-8,10-11H2,1H3,(H2,24,32,33)(H,25,26,27)/t15-,16-,20+/m1/s1. The SMILES string of the molecule is Cc1ccc(F)c(Cn2ccc(C(=O)c3cncnc3N[C@@H]3C[C@H](COS(N)(=O)=O)[C@@H](O)C3)n2)c1. The zero-order valence-electron chi connectivity index (χ0n) is 18.8. The largest absolute Gasteiger partial charge is 0.393 e. The third-order valence-electron chi connectivity index (χ3n) is 5.81. The summed E-state index contributed by atoms with van der Waals surface area (Å²) in [5.74, 6) is -0.975. The summed E-state index contributed by atoms with van der Waals surface area (Å²) in [6, 6.07) is 6.04. The van der Waals surface area contributed by atoms with E-state index >= 15 is 0 Å². The highest BCUT2D eigenvalue weighted by atomic mass is 32.2. The zero-order chi connectivity index (χ0) is 25.2. The van der Waals surface area contributed by atoms with Crippen LogP contribution in [0.2, 0.25) is 0 Å². The number of nitrogens with two attached hydrogens (primary N) is 1. The van der Waals surface area contributed by atoms with Gasteiger partial charge in [0.15, 0.2) is 0 Å². The van der Waals surface area contributed by atoms with Gasteiger partial charge in [-0.2, -0.15) is 13.5 Å². The number of nitrogens with zero attached hydrogens (tertiary/aromatic N) is 4. The second-order valence-electron chi connectivity index (χ2n) is 8.52. The molecule has 11 nitrogen and oxygen atoms in total. The number of benzene rings is 1. The second-order valence-corrected chi connectivity index (χ2v) is 9.75. The third-order valence-corrected chi connectivity index (χ3v) is 6.27. The van der Waals surface area contributed by atoms with Crippen molar-refractivity contribution in [1.82, 2.24) is 19.7 Å². The molecular formula is C22H25FN6O5S. The van der Waals surface area contributed by atoms with Crippen molar-refractivity contribution in [3.05, 3.63) is 71.2 Å². The van der Waals surface area contributed by atoms with Gasteiger partial charge in [-0.25, -0.2) is 19.5 Å². The maximum absolute atomic E-state index is 14.1. The molecule has 2 aromatic heterocycles. The Morgan fingerprint density at radius 3 is 2.91 bits per heavy atom. The van der Waals surface area contributed by atoms with Gasteiger partial charge in [-0.3, -0.25) is 13.7 Å². The number of rotatable bonds is 9. The van der Waals surface area contributed by atoms with Crippen LogP contribution < -0.4 is 10.5 Å². The van der Waals surface area contributed by atoms with Gasteiger partial charge in [0, 0.05) is 29.9 Å². The summed E-state index contributed by atoms with van der Waals surface area (Å²) in [4.78, 5) is 21.3. The number of ketones is 1. The number of aryl methyl sites for hydroxylation is 1. The number of aromatic nitrogens is 4. The smallest absolute Gasteiger partial charge is 0.333 e. The highest BCUT2D eigenvalue weighted by molar-refractivity contribution is 7.84. The van der Waals surface area contributed by atoms with Crippen molar-refractivity contribution in [2.24, 2.45) is 11.1 Å². The molecule has 0 bridgehead atoms. The highest BCUT2D eigenvalue weighted by Crippen LogP contribution is 2.30. The van der Waals surface area contributed by atoms with Crippen LogP contribution in [0.5, 0.6) is 0 Å². The molecule has 186 valence electrons. The fourth-order valence-electron chi connectivity index (χ4n) is 4.09. The van der Waals surface area contributed by atoms with E-state index in [-0.39, 0.29) is 42.1 Å². The van der Waals surface area contributed by atoms with Gasteiger partial charge in [-0.15, -0.1) is 0 Å². The minimum atomic E-state index is -4.11. The molecule has 13 heteroatoms. The van der Waals surface area contributed by atoms with Crippen LogP contribution in [0.3, 0.4) is 0 Å². The lowest BCUT2D eigenvalue weighted by atomic mass is 10.1. The van der Waals surface area contributed by atoms with Crippen molar-refractivity contribution in [2.75, 3.05) is 11.9 Å². The fourth-order valence-corrected chi connectivity index (χ4v) is 4.46. The minimum absolute atomic E-state index is 0.141. The minimum Gasteiger partial charge on any atom is -0.393 e. The normalized spacial score (nSPS) is 20.2. The van der Waals surface area contributed by atoms with E-state index in [9.17, 15) is 22.7 Å². The van der Waals surface area contributed by atoms with Gasteiger partial charge in [-0.1, -0.05) is 17.7 Å². The molecule has 2 heterocycles.